The van der Waals surface area contributed by atoms with Gasteiger partial charge >= 0.3 is 5.97 Å². The Hall–Kier alpha value is -0.720. The van der Waals surface area contributed by atoms with Crippen molar-refractivity contribution in [1.29, 1.82) is 0 Å². The van der Waals surface area contributed by atoms with Gasteiger partial charge in [-0.3, -0.25) is 0 Å². The van der Waals surface area contributed by atoms with Crippen LogP contribution in [0.1, 0.15) is 10.5 Å². The van der Waals surface area contributed by atoms with Crippen molar-refractivity contribution in [2.24, 2.45) is 0 Å². The third kappa shape index (κ3) is 1.63. The molecule has 1 aromatic rings. The first-order valence-electron chi connectivity index (χ1n) is 2.43. The SMILES string of the molecule is O=C(OI)c1ccncn1. The highest BCUT2D eigenvalue weighted by atomic mass is 127. The summed E-state index contributed by atoms with van der Waals surface area (Å²) in [5.74, 6) is -0.456. The van der Waals surface area contributed by atoms with Crippen LogP contribution in [0.15, 0.2) is 18.6 Å². The van der Waals surface area contributed by atoms with Gasteiger partial charge in [-0.1, -0.05) is 0 Å². The Morgan fingerprint density at radius 3 is 3.00 bits per heavy atom. The lowest BCUT2D eigenvalue weighted by Gasteiger charge is -1.91. The summed E-state index contributed by atoms with van der Waals surface area (Å²) in [6.45, 7) is 0. The number of hydrogen-bond acceptors (Lipinski definition) is 4. The normalized spacial score (nSPS) is 8.90. The number of halogens is 1. The van der Waals surface area contributed by atoms with Crippen molar-refractivity contribution in [3.63, 3.8) is 0 Å². The van der Waals surface area contributed by atoms with Crippen molar-refractivity contribution in [1.82, 2.24) is 9.97 Å². The molecule has 0 fully saturated rings. The summed E-state index contributed by atoms with van der Waals surface area (Å²) >= 11 is 1.51. The Kier molecular flexibility index (Phi) is 2.55. The zero-order valence-corrected chi connectivity index (χ0v) is 6.98. The molecule has 0 spiro atoms. The molecule has 1 aromatic heterocycles. The molecular formula is C5H3IN2O2. The quantitative estimate of drug-likeness (QED) is 0.697. The third-order valence-electron chi connectivity index (χ3n) is 0.861. The minimum absolute atomic E-state index is 0.268. The smallest absolute Gasteiger partial charge is 0.366 e. The van der Waals surface area contributed by atoms with E-state index in [1.807, 2.05) is 0 Å². The summed E-state index contributed by atoms with van der Waals surface area (Å²) in [5, 5.41) is 0. The second kappa shape index (κ2) is 3.45. The maximum Gasteiger partial charge on any atom is 0.366 e. The predicted molar refractivity (Wildman–Crippen MR) is 41.5 cm³/mol. The Morgan fingerprint density at radius 2 is 2.50 bits per heavy atom. The van der Waals surface area contributed by atoms with Gasteiger partial charge in [-0.2, -0.15) is 0 Å². The van der Waals surface area contributed by atoms with Gasteiger partial charge in [0.15, 0.2) is 28.7 Å². The molecule has 1 heterocycles. The maximum absolute atomic E-state index is 10.7. The maximum atomic E-state index is 10.7. The topological polar surface area (TPSA) is 52.1 Å². The fraction of sp³-hybridized carbons (Fsp3) is 0. The molecule has 0 unspecified atom stereocenters. The van der Waals surface area contributed by atoms with Gasteiger partial charge < -0.3 is 3.07 Å². The second-order valence-corrected chi connectivity index (χ2v) is 1.90. The number of aromatic nitrogens is 2. The number of hydrogen-bond donors (Lipinski definition) is 0. The molecule has 0 aliphatic carbocycles. The molecule has 10 heavy (non-hydrogen) atoms. The summed E-state index contributed by atoms with van der Waals surface area (Å²) in [7, 11) is 0. The Balaban J connectivity index is 2.85. The van der Waals surface area contributed by atoms with Gasteiger partial charge in [0.2, 0.25) is 0 Å². The molecule has 0 atom stereocenters. The van der Waals surface area contributed by atoms with E-state index in [2.05, 4.69) is 13.0 Å². The molecule has 0 aliphatic heterocycles. The van der Waals surface area contributed by atoms with Crippen LogP contribution in [0.4, 0.5) is 0 Å². The zero-order valence-electron chi connectivity index (χ0n) is 4.82. The van der Waals surface area contributed by atoms with Gasteiger partial charge in [-0.25, -0.2) is 14.8 Å². The zero-order chi connectivity index (χ0) is 7.40. The number of nitrogens with zero attached hydrogens (tertiary/aromatic N) is 2. The molecular weight excluding hydrogens is 247 g/mol. The highest BCUT2D eigenvalue weighted by Gasteiger charge is 2.04. The van der Waals surface area contributed by atoms with Gasteiger partial charge in [0.25, 0.3) is 0 Å². The van der Waals surface area contributed by atoms with Crippen LogP contribution >= 0.6 is 23.0 Å². The van der Waals surface area contributed by atoms with E-state index in [9.17, 15) is 4.79 Å². The van der Waals surface area contributed by atoms with E-state index < -0.39 is 5.97 Å². The van der Waals surface area contributed by atoms with E-state index in [-0.39, 0.29) is 5.69 Å². The highest BCUT2D eigenvalue weighted by molar-refractivity contribution is 14.1. The van der Waals surface area contributed by atoms with E-state index in [1.165, 1.54) is 41.6 Å². The van der Waals surface area contributed by atoms with Crippen LogP contribution in [-0.4, -0.2) is 15.9 Å². The predicted octanol–water partition coefficient (Wildman–Crippen LogP) is 0.983. The molecule has 0 radical (unpaired) electrons. The number of carbonyl (C=O) groups is 1. The van der Waals surface area contributed by atoms with E-state index in [4.69, 9.17) is 0 Å². The molecule has 4 nitrogen and oxygen atoms in total. The Bertz CT molecular complexity index is 226. The monoisotopic (exact) mass is 250 g/mol. The van der Waals surface area contributed by atoms with Gasteiger partial charge in [0, 0.05) is 6.20 Å². The van der Waals surface area contributed by atoms with Crippen molar-refractivity contribution < 1.29 is 7.86 Å². The Labute approximate surface area is 71.3 Å². The first kappa shape index (κ1) is 7.39. The van der Waals surface area contributed by atoms with Gasteiger partial charge in [-0.05, 0) is 6.07 Å². The van der Waals surface area contributed by atoms with Crippen LogP contribution in [0.2, 0.25) is 0 Å². The summed E-state index contributed by atoms with van der Waals surface area (Å²) in [6.07, 6.45) is 2.78. The van der Waals surface area contributed by atoms with Crippen LogP contribution in [0.3, 0.4) is 0 Å². The number of rotatable bonds is 1. The van der Waals surface area contributed by atoms with Crippen LogP contribution in [0, 0.1) is 0 Å². The lowest BCUT2D eigenvalue weighted by Crippen LogP contribution is -2.00. The van der Waals surface area contributed by atoms with Crippen molar-refractivity contribution in [3.8, 4) is 0 Å². The lowest BCUT2D eigenvalue weighted by molar-refractivity contribution is 0.0794. The average Bonchev–Trinajstić information content (AvgIpc) is 2.05. The van der Waals surface area contributed by atoms with Gasteiger partial charge in [0.1, 0.15) is 6.33 Å². The van der Waals surface area contributed by atoms with E-state index in [0.29, 0.717) is 0 Å². The number of carbonyl (C=O) groups excluding carboxylic acids is 1. The summed E-state index contributed by atoms with van der Waals surface area (Å²) in [5.41, 5.74) is 0.268. The highest BCUT2D eigenvalue weighted by Crippen LogP contribution is 1.97. The summed E-state index contributed by atoms with van der Waals surface area (Å²) < 4.78 is 4.38. The fourth-order valence-corrected chi connectivity index (χ4v) is 0.677. The van der Waals surface area contributed by atoms with Crippen molar-refractivity contribution in [2.45, 2.75) is 0 Å². The minimum atomic E-state index is -0.456. The first-order valence-corrected chi connectivity index (χ1v) is 3.31. The van der Waals surface area contributed by atoms with Crippen molar-refractivity contribution >= 4 is 29.0 Å². The summed E-state index contributed by atoms with van der Waals surface area (Å²) in [4.78, 5) is 18.0. The van der Waals surface area contributed by atoms with Crippen molar-refractivity contribution in [3.05, 3.63) is 24.3 Å². The fourth-order valence-electron chi connectivity index (χ4n) is 0.451. The Morgan fingerprint density at radius 1 is 1.70 bits per heavy atom. The molecule has 0 saturated heterocycles. The molecule has 0 aromatic carbocycles. The average molecular weight is 250 g/mol. The van der Waals surface area contributed by atoms with Gasteiger partial charge in [-0.15, -0.1) is 0 Å². The van der Waals surface area contributed by atoms with Gasteiger partial charge in [0.05, 0.1) is 0 Å². The molecule has 0 aliphatic rings. The first-order chi connectivity index (χ1) is 4.84. The van der Waals surface area contributed by atoms with Crippen LogP contribution in [0.5, 0.6) is 0 Å². The molecule has 0 bridgehead atoms. The largest absolute Gasteiger partial charge is 0.390 e. The summed E-state index contributed by atoms with van der Waals surface area (Å²) in [6, 6.07) is 1.49. The van der Waals surface area contributed by atoms with Crippen LogP contribution in [0.25, 0.3) is 0 Å². The molecule has 1 rings (SSSR count). The molecule has 0 N–H and O–H groups in total. The molecule has 52 valence electrons. The van der Waals surface area contributed by atoms with E-state index in [0.717, 1.165) is 0 Å². The van der Waals surface area contributed by atoms with E-state index >= 15 is 0 Å². The standard InChI is InChI=1S/C5H3IN2O2/c6-10-5(9)4-1-2-7-3-8-4/h1-3H. The lowest BCUT2D eigenvalue weighted by atomic mass is 10.4. The van der Waals surface area contributed by atoms with Crippen LogP contribution in [-0.2, 0) is 3.07 Å². The van der Waals surface area contributed by atoms with Crippen LogP contribution < -0.4 is 0 Å². The molecule has 0 amide bonds. The van der Waals surface area contributed by atoms with E-state index in [1.54, 1.807) is 0 Å². The van der Waals surface area contributed by atoms with Crippen molar-refractivity contribution in [2.75, 3.05) is 0 Å². The minimum Gasteiger partial charge on any atom is -0.390 e. The molecule has 0 saturated carbocycles. The molecule has 5 heteroatoms. The second-order valence-electron chi connectivity index (χ2n) is 1.46. The third-order valence-corrected chi connectivity index (χ3v) is 1.26.